The van der Waals surface area contributed by atoms with Crippen LogP contribution in [0.5, 0.6) is 5.75 Å². The van der Waals surface area contributed by atoms with Crippen molar-refractivity contribution in [1.82, 2.24) is 14.8 Å². The molecule has 2 aromatic carbocycles. The van der Waals surface area contributed by atoms with Gasteiger partial charge in [-0.25, -0.2) is 0 Å². The molecule has 1 fully saturated rings. The highest BCUT2D eigenvalue weighted by Crippen LogP contribution is 2.33. The zero-order chi connectivity index (χ0) is 23.5. The Morgan fingerprint density at radius 3 is 2.44 bits per heavy atom. The summed E-state index contributed by atoms with van der Waals surface area (Å²) in [5, 5.41) is 11.1. The van der Waals surface area contributed by atoms with Crippen molar-refractivity contribution in [3.8, 4) is 5.75 Å². The van der Waals surface area contributed by atoms with Gasteiger partial charge in [-0.2, -0.15) is 0 Å². The van der Waals surface area contributed by atoms with Crippen molar-refractivity contribution < 1.29 is 9.84 Å². The molecule has 5 rings (SSSR count). The van der Waals surface area contributed by atoms with Crippen LogP contribution in [0.15, 0.2) is 60.9 Å². The van der Waals surface area contributed by atoms with E-state index >= 15 is 0 Å². The number of rotatable bonds is 5. The van der Waals surface area contributed by atoms with Crippen LogP contribution in [0.4, 0.5) is 0 Å². The molecule has 0 atom stereocenters. The average molecular weight is 458 g/mol. The number of hydrogen-bond donors (Lipinski definition) is 1. The first-order valence-electron chi connectivity index (χ1n) is 12.4. The molecule has 0 amide bonds. The maximum atomic E-state index is 11.1. The van der Waals surface area contributed by atoms with Gasteiger partial charge in [0.1, 0.15) is 12.4 Å². The second kappa shape index (κ2) is 9.87. The van der Waals surface area contributed by atoms with E-state index in [1.165, 1.54) is 27.8 Å². The molecule has 3 heterocycles. The summed E-state index contributed by atoms with van der Waals surface area (Å²) in [6.45, 7) is 10.5. The minimum absolute atomic E-state index is 0.718. The summed E-state index contributed by atoms with van der Waals surface area (Å²) >= 11 is 0. The van der Waals surface area contributed by atoms with E-state index in [9.17, 15) is 5.11 Å². The molecule has 0 bridgehead atoms. The van der Waals surface area contributed by atoms with E-state index in [1.807, 2.05) is 12.1 Å². The van der Waals surface area contributed by atoms with E-state index in [0.717, 1.165) is 70.0 Å². The summed E-state index contributed by atoms with van der Waals surface area (Å²) in [6.07, 6.45) is 5.02. The first-order valence-corrected chi connectivity index (χ1v) is 12.4. The Morgan fingerprint density at radius 2 is 1.68 bits per heavy atom. The van der Waals surface area contributed by atoms with Crippen LogP contribution in [0.25, 0.3) is 0 Å². The summed E-state index contributed by atoms with van der Waals surface area (Å²) in [7, 11) is 0. The van der Waals surface area contributed by atoms with E-state index in [4.69, 9.17) is 4.74 Å². The number of piperidine rings is 1. The number of aliphatic hydroxyl groups is 1. The van der Waals surface area contributed by atoms with Gasteiger partial charge in [0.25, 0.3) is 0 Å². The number of nitrogens with zero attached hydrogens (tertiary/aromatic N) is 3. The highest BCUT2D eigenvalue weighted by Gasteiger charge is 2.34. The molecular weight excluding hydrogens is 422 g/mol. The van der Waals surface area contributed by atoms with E-state index in [2.05, 4.69) is 65.0 Å². The Balaban J connectivity index is 1.23. The normalized spacial score (nSPS) is 18.7. The van der Waals surface area contributed by atoms with E-state index in [-0.39, 0.29) is 0 Å². The number of aromatic nitrogens is 1. The maximum Gasteiger partial charge on any atom is 0.123 e. The summed E-state index contributed by atoms with van der Waals surface area (Å²) in [5.41, 5.74) is 6.79. The van der Waals surface area contributed by atoms with Crippen LogP contribution >= 0.6 is 0 Å². The lowest BCUT2D eigenvalue weighted by Gasteiger charge is -2.38. The molecule has 1 N–H and O–H groups in total. The van der Waals surface area contributed by atoms with Crippen LogP contribution in [0.3, 0.4) is 0 Å². The molecule has 1 saturated heterocycles. The first kappa shape index (κ1) is 23.0. The quantitative estimate of drug-likeness (QED) is 0.608. The number of ether oxygens (including phenoxy) is 1. The fourth-order valence-electron chi connectivity index (χ4n) is 5.16. The SMILES string of the molecule is Cc1ccc(CN2CCOc3ccc(CN4CCC(O)(c5cccnc5)CC4)cc3C2)cc1C. The number of fused-ring (bicyclic) bond motifs is 1. The van der Waals surface area contributed by atoms with Crippen molar-refractivity contribution in [1.29, 1.82) is 0 Å². The van der Waals surface area contributed by atoms with Crippen LogP contribution in [0.2, 0.25) is 0 Å². The smallest absolute Gasteiger partial charge is 0.123 e. The number of benzene rings is 2. The Bertz CT molecular complexity index is 1120. The molecule has 5 nitrogen and oxygen atoms in total. The second-order valence-corrected chi connectivity index (χ2v) is 9.97. The van der Waals surface area contributed by atoms with Crippen LogP contribution in [0.1, 0.15) is 46.2 Å². The van der Waals surface area contributed by atoms with Crippen LogP contribution < -0.4 is 4.74 Å². The molecule has 0 radical (unpaired) electrons. The highest BCUT2D eigenvalue weighted by atomic mass is 16.5. The molecule has 2 aliphatic rings. The molecule has 0 aliphatic carbocycles. The van der Waals surface area contributed by atoms with Gasteiger partial charge in [0.15, 0.2) is 0 Å². The maximum absolute atomic E-state index is 11.1. The van der Waals surface area contributed by atoms with Crippen molar-refractivity contribution in [3.05, 3.63) is 94.3 Å². The van der Waals surface area contributed by atoms with Crippen LogP contribution in [-0.2, 0) is 25.2 Å². The lowest BCUT2D eigenvalue weighted by Crippen LogP contribution is -2.42. The predicted molar refractivity (Wildman–Crippen MR) is 135 cm³/mol. The minimum Gasteiger partial charge on any atom is -0.492 e. The van der Waals surface area contributed by atoms with Crippen molar-refractivity contribution in [2.45, 2.75) is 51.9 Å². The molecule has 5 heteroatoms. The van der Waals surface area contributed by atoms with Gasteiger partial charge in [-0.15, -0.1) is 0 Å². The van der Waals surface area contributed by atoms with Crippen molar-refractivity contribution in [2.24, 2.45) is 0 Å². The number of aryl methyl sites for hydroxylation is 2. The molecule has 0 saturated carbocycles. The standard InChI is InChI=1S/C29H35N3O2/c1-22-5-6-24(16-23(22)2)20-32-14-15-34-28-8-7-25(17-26(28)21-32)19-31-12-9-29(33,10-13-31)27-4-3-11-30-18-27/h3-8,11,16-18,33H,9-10,12-15,19-21H2,1-2H3. The Morgan fingerprint density at radius 1 is 0.912 bits per heavy atom. The Labute approximate surface area is 203 Å². The second-order valence-electron chi connectivity index (χ2n) is 9.97. The Kier molecular flexibility index (Phi) is 6.68. The van der Waals surface area contributed by atoms with Crippen molar-refractivity contribution >= 4 is 0 Å². The number of pyridine rings is 1. The van der Waals surface area contributed by atoms with Gasteiger partial charge in [-0.05, 0) is 67.1 Å². The van der Waals surface area contributed by atoms with Gasteiger partial charge >= 0.3 is 0 Å². The molecule has 3 aromatic rings. The van der Waals surface area contributed by atoms with Gasteiger partial charge < -0.3 is 9.84 Å². The molecule has 1 aromatic heterocycles. The molecule has 0 unspecified atom stereocenters. The summed E-state index contributed by atoms with van der Waals surface area (Å²) in [4.78, 5) is 9.11. The first-order chi connectivity index (χ1) is 16.5. The predicted octanol–water partition coefficient (Wildman–Crippen LogP) is 4.58. The van der Waals surface area contributed by atoms with Crippen molar-refractivity contribution in [2.75, 3.05) is 26.2 Å². The number of hydrogen-bond acceptors (Lipinski definition) is 5. The van der Waals surface area contributed by atoms with E-state index in [0.29, 0.717) is 0 Å². The largest absolute Gasteiger partial charge is 0.492 e. The molecule has 0 spiro atoms. The van der Waals surface area contributed by atoms with Crippen molar-refractivity contribution in [3.63, 3.8) is 0 Å². The van der Waals surface area contributed by atoms with E-state index in [1.54, 1.807) is 12.4 Å². The van der Waals surface area contributed by atoms with E-state index < -0.39 is 5.60 Å². The minimum atomic E-state index is -0.763. The zero-order valence-corrected chi connectivity index (χ0v) is 20.3. The highest BCUT2D eigenvalue weighted by molar-refractivity contribution is 5.38. The molecule has 2 aliphatic heterocycles. The van der Waals surface area contributed by atoms with Gasteiger partial charge in [-0.3, -0.25) is 14.8 Å². The zero-order valence-electron chi connectivity index (χ0n) is 20.3. The van der Waals surface area contributed by atoms with Gasteiger partial charge in [0.05, 0.1) is 5.60 Å². The summed E-state index contributed by atoms with van der Waals surface area (Å²) in [5.74, 6) is 1.01. The fourth-order valence-corrected chi connectivity index (χ4v) is 5.16. The topological polar surface area (TPSA) is 48.8 Å². The van der Waals surface area contributed by atoms with Crippen LogP contribution in [-0.4, -0.2) is 46.1 Å². The third-order valence-corrected chi connectivity index (χ3v) is 7.45. The lowest BCUT2D eigenvalue weighted by atomic mass is 9.85. The fraction of sp³-hybridized carbons (Fsp3) is 0.414. The average Bonchev–Trinajstić information content (AvgIpc) is 3.05. The monoisotopic (exact) mass is 457 g/mol. The van der Waals surface area contributed by atoms with Crippen LogP contribution in [0, 0.1) is 13.8 Å². The summed E-state index contributed by atoms with van der Waals surface area (Å²) < 4.78 is 6.09. The van der Waals surface area contributed by atoms with Gasteiger partial charge in [0.2, 0.25) is 0 Å². The molecular formula is C29H35N3O2. The number of likely N-dealkylation sites (tertiary alicyclic amines) is 1. The lowest BCUT2D eigenvalue weighted by molar-refractivity contribution is -0.0279. The third-order valence-electron chi connectivity index (χ3n) is 7.45. The van der Waals surface area contributed by atoms with Gasteiger partial charge in [-0.1, -0.05) is 30.3 Å². The third kappa shape index (κ3) is 5.17. The summed E-state index contributed by atoms with van der Waals surface area (Å²) in [6, 6.07) is 17.3. The van der Waals surface area contributed by atoms with Gasteiger partial charge in [0, 0.05) is 62.8 Å². The molecule has 178 valence electrons. The molecule has 34 heavy (non-hydrogen) atoms. The Hall–Kier alpha value is -2.73.